The largest absolute Gasteiger partial charge is 0.302 e. The van der Waals surface area contributed by atoms with Gasteiger partial charge in [-0.15, -0.1) is 0 Å². The molecule has 0 aliphatic heterocycles. The number of hydrogen-bond acceptors (Lipinski definition) is 3. The average molecular weight is 305 g/mol. The number of aryl methyl sites for hydroxylation is 1. The molecule has 2 aromatic heterocycles. The van der Waals surface area contributed by atoms with Crippen LogP contribution in [0.1, 0.15) is 5.69 Å². The first kappa shape index (κ1) is 13.1. The number of hydrogen-bond donors (Lipinski definition) is 0. The molecule has 0 N–H and O–H groups in total. The molecule has 0 atom stereocenters. The molecule has 0 saturated heterocycles. The van der Waals surface area contributed by atoms with E-state index in [0.29, 0.717) is 10.0 Å². The van der Waals surface area contributed by atoms with Crippen molar-refractivity contribution in [3.8, 4) is 16.9 Å². The summed E-state index contributed by atoms with van der Waals surface area (Å²) in [5.41, 5.74) is 3.28. The van der Waals surface area contributed by atoms with E-state index in [4.69, 9.17) is 23.2 Å². The molecule has 20 heavy (non-hydrogen) atoms. The van der Waals surface area contributed by atoms with Gasteiger partial charge in [-0.05, 0) is 25.1 Å². The van der Waals surface area contributed by atoms with Gasteiger partial charge in [0.15, 0.2) is 0 Å². The quantitative estimate of drug-likeness (QED) is 0.720. The molecule has 0 fully saturated rings. The number of imidazole rings is 1. The Hall–Kier alpha value is -1.91. The molecule has 0 aliphatic carbocycles. The highest BCUT2D eigenvalue weighted by atomic mass is 35.5. The van der Waals surface area contributed by atoms with Crippen molar-refractivity contribution in [2.45, 2.75) is 6.92 Å². The zero-order valence-corrected chi connectivity index (χ0v) is 12.1. The van der Waals surface area contributed by atoms with Crippen molar-refractivity contribution in [1.29, 1.82) is 0 Å². The summed E-state index contributed by atoms with van der Waals surface area (Å²) in [4.78, 5) is 12.6. The van der Waals surface area contributed by atoms with E-state index < -0.39 is 0 Å². The van der Waals surface area contributed by atoms with Crippen molar-refractivity contribution in [3.63, 3.8) is 0 Å². The van der Waals surface area contributed by atoms with E-state index in [1.165, 1.54) is 6.33 Å². The fourth-order valence-electron chi connectivity index (χ4n) is 1.95. The van der Waals surface area contributed by atoms with Crippen LogP contribution >= 0.6 is 23.2 Å². The van der Waals surface area contributed by atoms with Gasteiger partial charge in [0, 0.05) is 16.8 Å². The maximum Gasteiger partial charge on any atom is 0.116 e. The van der Waals surface area contributed by atoms with Crippen LogP contribution in [0.15, 0.2) is 43.2 Å². The number of halogens is 2. The first-order valence-corrected chi connectivity index (χ1v) is 6.67. The molecule has 6 heteroatoms. The van der Waals surface area contributed by atoms with Crippen molar-refractivity contribution in [2.75, 3.05) is 0 Å². The van der Waals surface area contributed by atoms with Gasteiger partial charge in [0.05, 0.1) is 34.6 Å². The minimum Gasteiger partial charge on any atom is -0.302 e. The summed E-state index contributed by atoms with van der Waals surface area (Å²) in [6, 6.07) is 5.33. The number of benzene rings is 1. The molecular formula is C14H10Cl2N4. The SMILES string of the molecule is Cc1cn(-c2cncnc2-c2ccc(Cl)cc2Cl)cn1. The van der Waals surface area contributed by atoms with Crippen LogP contribution in [0, 0.1) is 6.92 Å². The van der Waals surface area contributed by atoms with Crippen LogP contribution in [-0.4, -0.2) is 19.5 Å². The number of rotatable bonds is 2. The van der Waals surface area contributed by atoms with E-state index in [1.54, 1.807) is 24.7 Å². The summed E-state index contributed by atoms with van der Waals surface area (Å²) in [6.07, 6.45) is 6.86. The summed E-state index contributed by atoms with van der Waals surface area (Å²) in [7, 11) is 0. The molecule has 100 valence electrons. The highest BCUT2D eigenvalue weighted by molar-refractivity contribution is 6.36. The third-order valence-electron chi connectivity index (χ3n) is 2.87. The molecule has 0 saturated carbocycles. The Morgan fingerprint density at radius 2 is 2.00 bits per heavy atom. The minimum atomic E-state index is 0.550. The van der Waals surface area contributed by atoms with E-state index in [1.807, 2.05) is 23.8 Å². The summed E-state index contributed by atoms with van der Waals surface area (Å²) < 4.78 is 1.87. The fourth-order valence-corrected chi connectivity index (χ4v) is 2.45. The van der Waals surface area contributed by atoms with Crippen molar-refractivity contribution in [2.24, 2.45) is 0 Å². The molecule has 4 nitrogen and oxygen atoms in total. The van der Waals surface area contributed by atoms with Gasteiger partial charge in [0.25, 0.3) is 0 Å². The van der Waals surface area contributed by atoms with Crippen LogP contribution in [0.4, 0.5) is 0 Å². The Morgan fingerprint density at radius 3 is 2.70 bits per heavy atom. The van der Waals surface area contributed by atoms with Crippen LogP contribution < -0.4 is 0 Å². The third-order valence-corrected chi connectivity index (χ3v) is 3.42. The van der Waals surface area contributed by atoms with E-state index in [-0.39, 0.29) is 0 Å². The van der Waals surface area contributed by atoms with Crippen LogP contribution in [-0.2, 0) is 0 Å². The maximum absolute atomic E-state index is 6.26. The number of nitrogens with zero attached hydrogens (tertiary/aromatic N) is 4. The van der Waals surface area contributed by atoms with Crippen LogP contribution in [0.5, 0.6) is 0 Å². The van der Waals surface area contributed by atoms with E-state index in [2.05, 4.69) is 15.0 Å². The van der Waals surface area contributed by atoms with Crippen LogP contribution in [0.3, 0.4) is 0 Å². The Labute approximate surface area is 126 Å². The molecule has 1 aromatic carbocycles. The zero-order chi connectivity index (χ0) is 14.1. The lowest BCUT2D eigenvalue weighted by molar-refractivity contribution is 1.01. The Bertz CT molecular complexity index is 767. The van der Waals surface area contributed by atoms with Crippen LogP contribution in [0.25, 0.3) is 16.9 Å². The number of aromatic nitrogens is 4. The van der Waals surface area contributed by atoms with Crippen molar-refractivity contribution >= 4 is 23.2 Å². The summed E-state index contributed by atoms with van der Waals surface area (Å²) in [6.45, 7) is 1.93. The first-order valence-electron chi connectivity index (χ1n) is 5.91. The molecule has 0 amide bonds. The normalized spacial score (nSPS) is 10.8. The van der Waals surface area contributed by atoms with Gasteiger partial charge in [-0.25, -0.2) is 15.0 Å². The molecule has 0 bridgehead atoms. The molecular weight excluding hydrogens is 295 g/mol. The average Bonchev–Trinajstić information content (AvgIpc) is 2.85. The Kier molecular flexibility index (Phi) is 3.42. The predicted molar refractivity (Wildman–Crippen MR) is 79.3 cm³/mol. The van der Waals surface area contributed by atoms with E-state index in [9.17, 15) is 0 Å². The van der Waals surface area contributed by atoms with Gasteiger partial charge in [-0.3, -0.25) is 0 Å². The smallest absolute Gasteiger partial charge is 0.116 e. The van der Waals surface area contributed by atoms with Gasteiger partial charge in [0.2, 0.25) is 0 Å². The van der Waals surface area contributed by atoms with E-state index in [0.717, 1.165) is 22.6 Å². The monoisotopic (exact) mass is 304 g/mol. The summed E-state index contributed by atoms with van der Waals surface area (Å²) in [5, 5.41) is 1.14. The summed E-state index contributed by atoms with van der Waals surface area (Å²) in [5.74, 6) is 0. The van der Waals surface area contributed by atoms with Gasteiger partial charge >= 0.3 is 0 Å². The fraction of sp³-hybridized carbons (Fsp3) is 0.0714. The lowest BCUT2D eigenvalue weighted by Crippen LogP contribution is -1.98. The molecule has 0 spiro atoms. The lowest BCUT2D eigenvalue weighted by Gasteiger charge is -2.10. The standard InChI is InChI=1S/C14H10Cl2N4/c1-9-6-20(8-19-9)13-5-17-7-18-14(13)11-3-2-10(15)4-12(11)16/h2-8H,1H3. The lowest BCUT2D eigenvalue weighted by atomic mass is 10.1. The van der Waals surface area contributed by atoms with E-state index >= 15 is 0 Å². The molecule has 0 aliphatic rings. The van der Waals surface area contributed by atoms with Crippen LogP contribution in [0.2, 0.25) is 10.0 Å². The van der Waals surface area contributed by atoms with Gasteiger partial charge in [0.1, 0.15) is 6.33 Å². The van der Waals surface area contributed by atoms with Gasteiger partial charge < -0.3 is 4.57 Å². The van der Waals surface area contributed by atoms with Gasteiger partial charge in [-0.2, -0.15) is 0 Å². The Balaban J connectivity index is 2.19. The first-order chi connectivity index (χ1) is 9.65. The minimum absolute atomic E-state index is 0.550. The second-order valence-electron chi connectivity index (χ2n) is 4.30. The second kappa shape index (κ2) is 5.23. The Morgan fingerprint density at radius 1 is 1.15 bits per heavy atom. The maximum atomic E-state index is 6.26. The molecule has 0 radical (unpaired) electrons. The third kappa shape index (κ3) is 2.40. The zero-order valence-electron chi connectivity index (χ0n) is 10.6. The molecule has 2 heterocycles. The molecule has 0 unspecified atom stereocenters. The van der Waals surface area contributed by atoms with Crippen molar-refractivity contribution < 1.29 is 0 Å². The highest BCUT2D eigenvalue weighted by Crippen LogP contribution is 2.32. The molecule has 3 aromatic rings. The predicted octanol–water partition coefficient (Wildman–Crippen LogP) is 3.94. The topological polar surface area (TPSA) is 43.6 Å². The van der Waals surface area contributed by atoms with Crippen molar-refractivity contribution in [1.82, 2.24) is 19.5 Å². The summed E-state index contributed by atoms with van der Waals surface area (Å²) >= 11 is 12.2. The highest BCUT2D eigenvalue weighted by Gasteiger charge is 2.12. The van der Waals surface area contributed by atoms with Crippen molar-refractivity contribution in [3.05, 3.63) is 59.0 Å². The molecule has 3 rings (SSSR count). The van der Waals surface area contributed by atoms with Gasteiger partial charge in [-0.1, -0.05) is 23.2 Å². The second-order valence-corrected chi connectivity index (χ2v) is 5.15.